The molecule has 1 aliphatic heterocycles. The first-order valence-electron chi connectivity index (χ1n) is 6.23. The molecule has 1 N–H and O–H groups in total. The quantitative estimate of drug-likeness (QED) is 0.866. The number of carbonyl (C=O) groups excluding carboxylic acids is 1. The number of benzene rings is 1. The van der Waals surface area contributed by atoms with Crippen molar-refractivity contribution < 1.29 is 9.90 Å². The van der Waals surface area contributed by atoms with Crippen LogP contribution in [-0.2, 0) is 0 Å². The molecule has 0 aromatic heterocycles. The highest BCUT2D eigenvalue weighted by Gasteiger charge is 2.23. The second kappa shape index (κ2) is 5.41. The van der Waals surface area contributed by atoms with E-state index in [0.29, 0.717) is 25.9 Å². The van der Waals surface area contributed by atoms with Gasteiger partial charge >= 0.3 is 0 Å². The fraction of sp³-hybridized carbons (Fsp3) is 0.500. The highest BCUT2D eigenvalue weighted by molar-refractivity contribution is 9.10. The Balaban J connectivity index is 2.21. The lowest BCUT2D eigenvalue weighted by molar-refractivity contribution is 0.0546. The summed E-state index contributed by atoms with van der Waals surface area (Å²) < 4.78 is 1.03. The van der Waals surface area contributed by atoms with Crippen LogP contribution in [0.4, 0.5) is 0 Å². The molecule has 1 amide bonds. The number of nitrogens with zero attached hydrogens (tertiary/aromatic N) is 1. The predicted molar refractivity (Wildman–Crippen MR) is 74.8 cm³/mol. The van der Waals surface area contributed by atoms with Crippen molar-refractivity contribution in [2.45, 2.75) is 32.8 Å². The van der Waals surface area contributed by atoms with Gasteiger partial charge in [-0.15, -0.1) is 0 Å². The van der Waals surface area contributed by atoms with Gasteiger partial charge in [-0.1, -0.05) is 15.9 Å². The molecule has 1 heterocycles. The van der Waals surface area contributed by atoms with Gasteiger partial charge in [0.2, 0.25) is 0 Å². The van der Waals surface area contributed by atoms with Crippen molar-refractivity contribution >= 4 is 21.8 Å². The smallest absolute Gasteiger partial charge is 0.254 e. The molecule has 1 aromatic carbocycles. The Morgan fingerprint density at radius 2 is 1.89 bits per heavy atom. The standard InChI is InChI=1S/C14H18BrNO2/c1-9-8-13(15)10(2)7-12(9)14(18)16-5-3-11(17)4-6-16/h7-8,11,17H,3-6H2,1-2H3. The number of rotatable bonds is 1. The summed E-state index contributed by atoms with van der Waals surface area (Å²) >= 11 is 3.48. The third kappa shape index (κ3) is 2.75. The van der Waals surface area contributed by atoms with Crippen LogP contribution in [0.1, 0.15) is 34.3 Å². The fourth-order valence-electron chi connectivity index (χ4n) is 2.25. The van der Waals surface area contributed by atoms with Crippen LogP contribution in [0, 0.1) is 13.8 Å². The SMILES string of the molecule is Cc1cc(C(=O)N2CCC(O)CC2)c(C)cc1Br. The van der Waals surface area contributed by atoms with Gasteiger partial charge in [0.05, 0.1) is 6.10 Å². The number of aliphatic hydroxyl groups excluding tert-OH is 1. The Hall–Kier alpha value is -0.870. The molecule has 1 aliphatic rings. The number of amides is 1. The van der Waals surface area contributed by atoms with Crippen LogP contribution in [0.25, 0.3) is 0 Å². The molecule has 1 aromatic rings. The van der Waals surface area contributed by atoms with Gasteiger partial charge in [-0.2, -0.15) is 0 Å². The molecule has 0 unspecified atom stereocenters. The molecular weight excluding hydrogens is 294 g/mol. The van der Waals surface area contributed by atoms with Crippen LogP contribution in [-0.4, -0.2) is 35.1 Å². The van der Waals surface area contributed by atoms with E-state index in [1.165, 1.54) is 0 Å². The Morgan fingerprint density at radius 3 is 2.50 bits per heavy atom. The lowest BCUT2D eigenvalue weighted by Crippen LogP contribution is -2.40. The molecular formula is C14H18BrNO2. The van der Waals surface area contributed by atoms with E-state index in [0.717, 1.165) is 21.2 Å². The van der Waals surface area contributed by atoms with Gasteiger partial charge in [0.1, 0.15) is 0 Å². The summed E-state index contributed by atoms with van der Waals surface area (Å²) in [4.78, 5) is 14.3. The third-order valence-electron chi connectivity index (χ3n) is 3.49. The minimum absolute atomic E-state index is 0.0787. The van der Waals surface area contributed by atoms with Crippen molar-refractivity contribution in [3.05, 3.63) is 33.3 Å². The molecule has 18 heavy (non-hydrogen) atoms. The van der Waals surface area contributed by atoms with Crippen LogP contribution in [0.15, 0.2) is 16.6 Å². The second-order valence-electron chi connectivity index (χ2n) is 4.94. The second-order valence-corrected chi connectivity index (χ2v) is 5.79. The summed E-state index contributed by atoms with van der Waals surface area (Å²) in [6.45, 7) is 5.24. The summed E-state index contributed by atoms with van der Waals surface area (Å²) in [5.74, 6) is 0.0787. The van der Waals surface area contributed by atoms with E-state index in [2.05, 4.69) is 15.9 Å². The van der Waals surface area contributed by atoms with E-state index in [-0.39, 0.29) is 12.0 Å². The van der Waals surface area contributed by atoms with Gasteiger partial charge in [-0.3, -0.25) is 4.79 Å². The molecule has 98 valence electrons. The number of halogens is 1. The van der Waals surface area contributed by atoms with Crippen LogP contribution in [0.5, 0.6) is 0 Å². The van der Waals surface area contributed by atoms with Crippen LogP contribution in [0.2, 0.25) is 0 Å². The maximum absolute atomic E-state index is 12.4. The number of hydrogen-bond acceptors (Lipinski definition) is 2. The normalized spacial score (nSPS) is 17.0. The number of likely N-dealkylation sites (tertiary alicyclic amines) is 1. The lowest BCUT2D eigenvalue weighted by Gasteiger charge is -2.30. The van der Waals surface area contributed by atoms with Crippen LogP contribution >= 0.6 is 15.9 Å². The molecule has 0 saturated carbocycles. The fourth-order valence-corrected chi connectivity index (χ4v) is 2.71. The van der Waals surface area contributed by atoms with E-state index in [9.17, 15) is 9.90 Å². The van der Waals surface area contributed by atoms with E-state index in [1.54, 1.807) is 0 Å². The van der Waals surface area contributed by atoms with Crippen molar-refractivity contribution in [1.29, 1.82) is 0 Å². The predicted octanol–water partition coefficient (Wildman–Crippen LogP) is 2.66. The Morgan fingerprint density at radius 1 is 1.28 bits per heavy atom. The summed E-state index contributed by atoms with van der Waals surface area (Å²) in [5, 5.41) is 9.47. The monoisotopic (exact) mass is 311 g/mol. The van der Waals surface area contributed by atoms with Crippen molar-refractivity contribution in [1.82, 2.24) is 4.90 Å². The Bertz CT molecular complexity index is 465. The Labute approximate surface area is 116 Å². The van der Waals surface area contributed by atoms with Gasteiger partial charge in [0.25, 0.3) is 5.91 Å². The molecule has 1 saturated heterocycles. The van der Waals surface area contributed by atoms with Gasteiger partial charge in [0.15, 0.2) is 0 Å². The molecule has 3 nitrogen and oxygen atoms in total. The zero-order valence-electron chi connectivity index (χ0n) is 10.7. The van der Waals surface area contributed by atoms with Crippen molar-refractivity contribution in [2.75, 3.05) is 13.1 Å². The number of piperidine rings is 1. The molecule has 2 rings (SSSR count). The molecule has 4 heteroatoms. The summed E-state index contributed by atoms with van der Waals surface area (Å²) in [6, 6.07) is 3.92. The highest BCUT2D eigenvalue weighted by Crippen LogP contribution is 2.23. The number of carbonyl (C=O) groups is 1. The lowest BCUT2D eigenvalue weighted by atomic mass is 10.0. The van der Waals surface area contributed by atoms with Gasteiger partial charge < -0.3 is 10.0 Å². The highest BCUT2D eigenvalue weighted by atomic mass is 79.9. The average Bonchev–Trinajstić information content (AvgIpc) is 2.34. The van der Waals surface area contributed by atoms with Crippen molar-refractivity contribution in [2.24, 2.45) is 0 Å². The zero-order chi connectivity index (χ0) is 13.3. The minimum atomic E-state index is -0.248. The van der Waals surface area contributed by atoms with Gasteiger partial charge in [-0.05, 0) is 49.9 Å². The first-order chi connectivity index (χ1) is 8.49. The molecule has 0 aliphatic carbocycles. The minimum Gasteiger partial charge on any atom is -0.393 e. The van der Waals surface area contributed by atoms with E-state index < -0.39 is 0 Å². The van der Waals surface area contributed by atoms with Crippen molar-refractivity contribution in [3.8, 4) is 0 Å². The molecule has 1 fully saturated rings. The number of hydrogen-bond donors (Lipinski definition) is 1. The van der Waals surface area contributed by atoms with Crippen LogP contribution in [0.3, 0.4) is 0 Å². The zero-order valence-corrected chi connectivity index (χ0v) is 12.3. The maximum Gasteiger partial charge on any atom is 0.254 e. The molecule has 0 radical (unpaired) electrons. The summed E-state index contributed by atoms with van der Waals surface area (Å²) in [7, 11) is 0. The first-order valence-corrected chi connectivity index (χ1v) is 7.02. The topological polar surface area (TPSA) is 40.5 Å². The van der Waals surface area contributed by atoms with E-state index in [1.807, 2.05) is 30.9 Å². The largest absolute Gasteiger partial charge is 0.393 e. The maximum atomic E-state index is 12.4. The van der Waals surface area contributed by atoms with Crippen molar-refractivity contribution in [3.63, 3.8) is 0 Å². The molecule has 0 atom stereocenters. The van der Waals surface area contributed by atoms with Crippen LogP contribution < -0.4 is 0 Å². The number of aryl methyl sites for hydroxylation is 2. The third-order valence-corrected chi connectivity index (χ3v) is 4.34. The summed E-state index contributed by atoms with van der Waals surface area (Å²) in [5.41, 5.74) is 2.83. The molecule has 0 bridgehead atoms. The Kier molecular flexibility index (Phi) is 4.07. The summed E-state index contributed by atoms with van der Waals surface area (Å²) in [6.07, 6.45) is 1.11. The number of aliphatic hydroxyl groups is 1. The molecule has 0 spiro atoms. The van der Waals surface area contributed by atoms with Gasteiger partial charge in [-0.25, -0.2) is 0 Å². The first kappa shape index (κ1) is 13.6. The average molecular weight is 312 g/mol. The van der Waals surface area contributed by atoms with E-state index in [4.69, 9.17) is 0 Å². The van der Waals surface area contributed by atoms with E-state index >= 15 is 0 Å². The van der Waals surface area contributed by atoms with Gasteiger partial charge in [0, 0.05) is 23.1 Å².